The Morgan fingerprint density at radius 3 is 2.81 bits per heavy atom. The topological polar surface area (TPSA) is 78.9 Å². The van der Waals surface area contributed by atoms with Crippen LogP contribution in [0.3, 0.4) is 0 Å². The van der Waals surface area contributed by atoms with E-state index in [1.807, 2.05) is 32.0 Å². The number of amides is 1. The number of morpholine rings is 1. The van der Waals surface area contributed by atoms with E-state index in [2.05, 4.69) is 5.32 Å². The normalized spacial score (nSPS) is 19.2. The standard InChI is InChI=1S/C15H20N2O4/c1-10-3-4-12(7-11(10)2)16-14(18)8-17-5-6-21-9-13(17)15(19)20/h3-4,7,13H,5-6,8-9H2,1-2H3,(H,16,18)(H,19,20). The third-order valence-electron chi connectivity index (χ3n) is 3.66. The summed E-state index contributed by atoms with van der Waals surface area (Å²) in [5.74, 6) is -1.18. The van der Waals surface area contributed by atoms with Crippen molar-refractivity contribution in [3.8, 4) is 0 Å². The molecule has 1 fully saturated rings. The highest BCUT2D eigenvalue weighted by atomic mass is 16.5. The number of carboxylic acid groups (broad SMARTS) is 1. The molecule has 1 aliphatic rings. The average molecular weight is 292 g/mol. The van der Waals surface area contributed by atoms with Crippen molar-refractivity contribution in [1.29, 1.82) is 0 Å². The first-order valence-electron chi connectivity index (χ1n) is 6.89. The number of carbonyl (C=O) groups is 2. The Morgan fingerprint density at radius 1 is 1.38 bits per heavy atom. The second-order valence-corrected chi connectivity index (χ2v) is 5.25. The molecule has 1 atom stereocenters. The van der Waals surface area contributed by atoms with E-state index in [1.165, 1.54) is 0 Å². The molecule has 0 bridgehead atoms. The van der Waals surface area contributed by atoms with Crippen LogP contribution in [-0.4, -0.2) is 54.2 Å². The monoisotopic (exact) mass is 292 g/mol. The average Bonchev–Trinajstić information content (AvgIpc) is 2.43. The molecule has 0 radical (unpaired) electrons. The fourth-order valence-corrected chi connectivity index (χ4v) is 2.26. The number of rotatable bonds is 4. The molecule has 1 unspecified atom stereocenters. The summed E-state index contributed by atoms with van der Waals surface area (Å²) in [5.41, 5.74) is 2.98. The van der Waals surface area contributed by atoms with Gasteiger partial charge >= 0.3 is 5.97 Å². The highest BCUT2D eigenvalue weighted by Gasteiger charge is 2.30. The Balaban J connectivity index is 1.97. The number of aliphatic carboxylic acids is 1. The van der Waals surface area contributed by atoms with Gasteiger partial charge in [0.2, 0.25) is 5.91 Å². The van der Waals surface area contributed by atoms with Gasteiger partial charge in [-0.25, -0.2) is 0 Å². The number of ether oxygens (including phenoxy) is 1. The Hall–Kier alpha value is -1.92. The summed E-state index contributed by atoms with van der Waals surface area (Å²) in [5, 5.41) is 11.9. The van der Waals surface area contributed by atoms with E-state index in [9.17, 15) is 9.59 Å². The van der Waals surface area contributed by atoms with Gasteiger partial charge in [0, 0.05) is 12.2 Å². The fraction of sp³-hybridized carbons (Fsp3) is 0.467. The first-order chi connectivity index (χ1) is 9.97. The van der Waals surface area contributed by atoms with Gasteiger partial charge in [0.1, 0.15) is 6.04 Å². The SMILES string of the molecule is Cc1ccc(NC(=O)CN2CCOCC2C(=O)O)cc1C. The molecule has 2 N–H and O–H groups in total. The third-order valence-corrected chi connectivity index (χ3v) is 3.66. The molecule has 21 heavy (non-hydrogen) atoms. The van der Waals surface area contributed by atoms with Crippen molar-refractivity contribution in [2.24, 2.45) is 0 Å². The van der Waals surface area contributed by atoms with Crippen LogP contribution in [0.1, 0.15) is 11.1 Å². The highest BCUT2D eigenvalue weighted by Crippen LogP contribution is 2.14. The minimum absolute atomic E-state index is 0.0489. The van der Waals surface area contributed by atoms with E-state index in [1.54, 1.807) is 4.90 Å². The van der Waals surface area contributed by atoms with Crippen LogP contribution >= 0.6 is 0 Å². The number of nitrogens with one attached hydrogen (secondary N) is 1. The lowest BCUT2D eigenvalue weighted by Gasteiger charge is -2.32. The van der Waals surface area contributed by atoms with E-state index >= 15 is 0 Å². The molecule has 1 heterocycles. The van der Waals surface area contributed by atoms with Gasteiger partial charge in [0.25, 0.3) is 0 Å². The molecule has 2 rings (SSSR count). The minimum atomic E-state index is -0.964. The number of anilines is 1. The second kappa shape index (κ2) is 6.69. The zero-order chi connectivity index (χ0) is 15.4. The molecule has 6 heteroatoms. The summed E-state index contributed by atoms with van der Waals surface area (Å²) >= 11 is 0. The van der Waals surface area contributed by atoms with E-state index in [4.69, 9.17) is 9.84 Å². The molecular formula is C15H20N2O4. The first kappa shape index (κ1) is 15.5. The van der Waals surface area contributed by atoms with E-state index in [0.29, 0.717) is 13.2 Å². The van der Waals surface area contributed by atoms with Crippen molar-refractivity contribution in [2.45, 2.75) is 19.9 Å². The Labute approximate surface area is 123 Å². The van der Waals surface area contributed by atoms with Crippen LogP contribution in [0.15, 0.2) is 18.2 Å². The molecular weight excluding hydrogens is 272 g/mol. The van der Waals surface area contributed by atoms with Crippen LogP contribution in [0.4, 0.5) is 5.69 Å². The molecule has 114 valence electrons. The van der Waals surface area contributed by atoms with Gasteiger partial charge in [-0.15, -0.1) is 0 Å². The fourth-order valence-electron chi connectivity index (χ4n) is 2.26. The van der Waals surface area contributed by atoms with Crippen molar-refractivity contribution in [3.05, 3.63) is 29.3 Å². The second-order valence-electron chi connectivity index (χ2n) is 5.25. The van der Waals surface area contributed by atoms with Crippen molar-refractivity contribution < 1.29 is 19.4 Å². The maximum Gasteiger partial charge on any atom is 0.323 e. The number of aryl methyl sites for hydroxylation is 2. The smallest absolute Gasteiger partial charge is 0.323 e. The van der Waals surface area contributed by atoms with Crippen LogP contribution in [0, 0.1) is 13.8 Å². The zero-order valence-electron chi connectivity index (χ0n) is 12.3. The van der Waals surface area contributed by atoms with Gasteiger partial charge in [-0.1, -0.05) is 6.07 Å². The lowest BCUT2D eigenvalue weighted by Crippen LogP contribution is -2.52. The predicted octanol–water partition coefficient (Wildman–Crippen LogP) is 1.03. The van der Waals surface area contributed by atoms with E-state index < -0.39 is 12.0 Å². The maximum atomic E-state index is 12.1. The van der Waals surface area contributed by atoms with Crippen LogP contribution in [0.25, 0.3) is 0 Å². The number of carbonyl (C=O) groups excluding carboxylic acids is 1. The number of carboxylic acids is 1. The van der Waals surface area contributed by atoms with Gasteiger partial charge in [0.05, 0.1) is 19.8 Å². The molecule has 1 aromatic carbocycles. The summed E-state index contributed by atoms with van der Waals surface area (Å²) in [6, 6.07) is 4.93. The highest BCUT2D eigenvalue weighted by molar-refractivity contribution is 5.92. The third kappa shape index (κ3) is 4.03. The molecule has 0 aliphatic carbocycles. The zero-order valence-corrected chi connectivity index (χ0v) is 12.3. The lowest BCUT2D eigenvalue weighted by atomic mass is 10.1. The summed E-state index contributed by atoms with van der Waals surface area (Å²) in [6.45, 7) is 5.04. The van der Waals surface area contributed by atoms with Crippen molar-refractivity contribution >= 4 is 17.6 Å². The Morgan fingerprint density at radius 2 is 2.14 bits per heavy atom. The Bertz CT molecular complexity index is 544. The van der Waals surface area contributed by atoms with Gasteiger partial charge in [-0.2, -0.15) is 0 Å². The number of benzene rings is 1. The predicted molar refractivity (Wildman–Crippen MR) is 78.4 cm³/mol. The summed E-state index contributed by atoms with van der Waals surface area (Å²) in [4.78, 5) is 24.8. The van der Waals surface area contributed by atoms with Gasteiger partial charge < -0.3 is 15.2 Å². The molecule has 6 nitrogen and oxygen atoms in total. The maximum absolute atomic E-state index is 12.1. The largest absolute Gasteiger partial charge is 0.480 e. The molecule has 1 aromatic rings. The summed E-state index contributed by atoms with van der Waals surface area (Å²) in [7, 11) is 0. The quantitative estimate of drug-likeness (QED) is 0.866. The van der Waals surface area contributed by atoms with Gasteiger partial charge in [-0.05, 0) is 37.1 Å². The molecule has 1 saturated heterocycles. The number of hydrogen-bond acceptors (Lipinski definition) is 4. The lowest BCUT2D eigenvalue weighted by molar-refractivity contribution is -0.150. The van der Waals surface area contributed by atoms with Crippen molar-refractivity contribution in [3.63, 3.8) is 0 Å². The van der Waals surface area contributed by atoms with E-state index in [0.717, 1.165) is 16.8 Å². The van der Waals surface area contributed by atoms with Gasteiger partial charge in [0.15, 0.2) is 0 Å². The van der Waals surface area contributed by atoms with Crippen LogP contribution in [-0.2, 0) is 14.3 Å². The van der Waals surface area contributed by atoms with Gasteiger partial charge in [-0.3, -0.25) is 14.5 Å². The first-order valence-corrected chi connectivity index (χ1v) is 6.89. The van der Waals surface area contributed by atoms with Crippen LogP contribution < -0.4 is 5.32 Å². The van der Waals surface area contributed by atoms with Crippen LogP contribution in [0.5, 0.6) is 0 Å². The van der Waals surface area contributed by atoms with Crippen molar-refractivity contribution in [2.75, 3.05) is 31.6 Å². The van der Waals surface area contributed by atoms with Crippen LogP contribution in [0.2, 0.25) is 0 Å². The summed E-state index contributed by atoms with van der Waals surface area (Å²) < 4.78 is 5.15. The minimum Gasteiger partial charge on any atom is -0.480 e. The Kier molecular flexibility index (Phi) is 4.93. The molecule has 0 spiro atoms. The molecule has 0 aromatic heterocycles. The molecule has 1 amide bonds. The summed E-state index contributed by atoms with van der Waals surface area (Å²) in [6.07, 6.45) is 0. The van der Waals surface area contributed by atoms with Crippen molar-refractivity contribution in [1.82, 2.24) is 4.90 Å². The van der Waals surface area contributed by atoms with E-state index in [-0.39, 0.29) is 19.1 Å². The molecule has 1 aliphatic heterocycles. The molecule has 0 saturated carbocycles. The number of nitrogens with zero attached hydrogens (tertiary/aromatic N) is 1. The number of hydrogen-bond donors (Lipinski definition) is 2.